The molecule has 0 amide bonds. The van der Waals surface area contributed by atoms with E-state index in [1.807, 2.05) is 0 Å². The number of hydrogen-bond acceptors (Lipinski definition) is 2. The molecule has 0 aliphatic heterocycles. The second-order valence-corrected chi connectivity index (χ2v) is 4.26. The molecule has 1 N–H and O–H groups in total. The van der Waals surface area contributed by atoms with Crippen LogP contribution in [0.2, 0.25) is 0 Å². The van der Waals surface area contributed by atoms with E-state index in [4.69, 9.17) is 10.5 Å². The van der Waals surface area contributed by atoms with Crippen molar-refractivity contribution in [1.82, 2.24) is 0 Å². The van der Waals surface area contributed by atoms with Gasteiger partial charge in [-0.3, -0.25) is 0 Å². The molecule has 0 aromatic rings. The first-order valence-electron chi connectivity index (χ1n) is 4.88. The zero-order valence-electron chi connectivity index (χ0n) is 9.42. The summed E-state index contributed by atoms with van der Waals surface area (Å²) in [7, 11) is 0. The Morgan fingerprint density at radius 1 is 1.08 bits per heavy atom. The Morgan fingerprint density at radius 3 is 1.77 bits per heavy atom. The van der Waals surface area contributed by atoms with Crippen molar-refractivity contribution < 1.29 is 40.1 Å². The number of hydrogen-bond donors (Lipinski definition) is 1. The molecule has 2 nitrogen and oxygen atoms in total. The topological polar surface area (TPSA) is 43.3 Å². The molecule has 13 heavy (non-hydrogen) atoms. The second-order valence-electron chi connectivity index (χ2n) is 4.26. The van der Waals surface area contributed by atoms with Crippen LogP contribution >= 0.6 is 0 Å². The summed E-state index contributed by atoms with van der Waals surface area (Å²) in [4.78, 5) is 0. The zero-order valence-corrected chi connectivity index (χ0v) is 11.4. The van der Waals surface area contributed by atoms with E-state index in [-0.39, 0.29) is 29.6 Å². The van der Waals surface area contributed by atoms with Crippen LogP contribution in [0.3, 0.4) is 0 Å². The molecule has 1 fully saturated rings. The fraction of sp³-hybridized carbons (Fsp3) is 1.00. The summed E-state index contributed by atoms with van der Waals surface area (Å²) >= 11 is 0. The van der Waals surface area contributed by atoms with E-state index in [9.17, 15) is 0 Å². The average Bonchev–Trinajstić information content (AvgIpc) is 2.09. The van der Waals surface area contributed by atoms with Gasteiger partial charge in [-0.1, -0.05) is 33.6 Å². The van der Waals surface area contributed by atoms with Crippen LogP contribution < -0.4 is 34.8 Å². The molecular weight excluding hydrogens is 175 g/mol. The smallest absolute Gasteiger partial charge is 0.727 e. The van der Waals surface area contributed by atoms with Crippen LogP contribution in [0.25, 0.3) is 0 Å². The monoisotopic (exact) mass is 196 g/mol. The van der Waals surface area contributed by atoms with Crippen molar-refractivity contribution in [2.45, 2.75) is 46.5 Å². The Bertz CT molecular complexity index is 99.1. The first-order chi connectivity index (χ1) is 5.70. The van der Waals surface area contributed by atoms with Gasteiger partial charge in [0.1, 0.15) is 0 Å². The van der Waals surface area contributed by atoms with Gasteiger partial charge in [0.25, 0.3) is 0 Å². The van der Waals surface area contributed by atoms with E-state index in [2.05, 4.69) is 20.8 Å². The first-order valence-corrected chi connectivity index (χ1v) is 4.88. The van der Waals surface area contributed by atoms with Crippen molar-refractivity contribution >= 4 is 0 Å². The predicted molar refractivity (Wildman–Crippen MR) is 48.6 cm³/mol. The summed E-state index contributed by atoms with van der Waals surface area (Å²) in [6.07, 6.45) is 5.92. The van der Waals surface area contributed by atoms with Gasteiger partial charge in [-0.25, -0.2) is 0 Å². The molecule has 0 heterocycles. The molecule has 1 aliphatic carbocycles. The Kier molecular flexibility index (Phi) is 11.9. The molecule has 0 bridgehead atoms. The van der Waals surface area contributed by atoms with Gasteiger partial charge < -0.3 is 10.5 Å². The minimum atomic E-state index is 0. The Labute approximate surface area is 104 Å². The number of rotatable bonds is 1. The summed E-state index contributed by atoms with van der Waals surface area (Å²) in [6, 6.07) is 0. The average molecular weight is 196 g/mol. The molecule has 3 heteroatoms. The summed E-state index contributed by atoms with van der Waals surface area (Å²) in [5.41, 5.74) is 0. The van der Waals surface area contributed by atoms with Crippen LogP contribution in [0.15, 0.2) is 0 Å². The van der Waals surface area contributed by atoms with Gasteiger partial charge >= 0.3 is 29.6 Å². The minimum absolute atomic E-state index is 0. The normalized spacial score (nSPS) is 27.2. The van der Waals surface area contributed by atoms with Crippen molar-refractivity contribution in [3.05, 3.63) is 0 Å². The molecule has 0 saturated heterocycles. The molecule has 1 saturated carbocycles. The van der Waals surface area contributed by atoms with Crippen LogP contribution in [0, 0.1) is 17.8 Å². The maximum Gasteiger partial charge on any atom is 1.00 e. The largest absolute Gasteiger partial charge is 1.00 e. The van der Waals surface area contributed by atoms with Gasteiger partial charge in [-0.05, 0) is 30.6 Å². The third-order valence-electron chi connectivity index (χ3n) is 3.00. The molecule has 0 unspecified atom stereocenters. The molecule has 0 radical (unpaired) electrons. The van der Waals surface area contributed by atoms with Gasteiger partial charge in [0.15, 0.2) is 0 Å². The molecule has 1 aliphatic rings. The van der Waals surface area contributed by atoms with Gasteiger partial charge in [0, 0.05) is 0 Å². The second kappa shape index (κ2) is 9.47. The van der Waals surface area contributed by atoms with Crippen molar-refractivity contribution in [3.63, 3.8) is 0 Å². The summed E-state index contributed by atoms with van der Waals surface area (Å²) in [6.45, 7) is 7.11. The van der Waals surface area contributed by atoms with E-state index < -0.39 is 0 Å². The molecule has 0 aromatic carbocycles. The maximum absolute atomic E-state index is 7.25. The van der Waals surface area contributed by atoms with Crippen molar-refractivity contribution in [2.24, 2.45) is 17.8 Å². The van der Waals surface area contributed by atoms with Gasteiger partial charge in [-0.15, -0.1) is 0 Å². The third kappa shape index (κ3) is 6.92. The summed E-state index contributed by atoms with van der Waals surface area (Å²) < 4.78 is 0. The maximum atomic E-state index is 7.25. The fourth-order valence-corrected chi connectivity index (χ4v) is 1.95. The molecule has 0 atom stereocenters. The molecule has 0 aromatic heterocycles. The SMILES string of the molecule is CC1CCC(C(C)C)CC1.[Na+].[O-]O. The quantitative estimate of drug-likeness (QED) is 0.342. The van der Waals surface area contributed by atoms with Crippen LogP contribution in [-0.2, 0) is 0 Å². The Balaban J connectivity index is 0. The van der Waals surface area contributed by atoms with E-state index in [0.717, 1.165) is 17.8 Å². The predicted octanol–water partition coefficient (Wildman–Crippen LogP) is -0.708. The summed E-state index contributed by atoms with van der Waals surface area (Å²) in [5.74, 6) is 2.97. The third-order valence-corrected chi connectivity index (χ3v) is 3.00. The van der Waals surface area contributed by atoms with Gasteiger partial charge in [0.05, 0.1) is 0 Å². The zero-order chi connectivity index (χ0) is 9.56. The molecule has 74 valence electrons. The minimum Gasteiger partial charge on any atom is -0.727 e. The van der Waals surface area contributed by atoms with Crippen LogP contribution in [0.1, 0.15) is 46.5 Å². The van der Waals surface area contributed by atoms with Crippen molar-refractivity contribution in [2.75, 3.05) is 0 Å². The fourth-order valence-electron chi connectivity index (χ4n) is 1.95. The van der Waals surface area contributed by atoms with Gasteiger partial charge in [0.2, 0.25) is 0 Å². The molecular formula is C10H21NaO2. The van der Waals surface area contributed by atoms with Crippen LogP contribution in [0.5, 0.6) is 0 Å². The van der Waals surface area contributed by atoms with E-state index in [1.165, 1.54) is 25.7 Å². The first kappa shape index (κ1) is 16.4. The van der Waals surface area contributed by atoms with Crippen molar-refractivity contribution in [3.8, 4) is 0 Å². The molecule has 0 spiro atoms. The Morgan fingerprint density at radius 2 is 1.46 bits per heavy atom. The Hall–Kier alpha value is 0.920. The van der Waals surface area contributed by atoms with Crippen LogP contribution in [-0.4, -0.2) is 5.26 Å². The van der Waals surface area contributed by atoms with E-state index in [0.29, 0.717) is 0 Å². The van der Waals surface area contributed by atoms with Crippen LogP contribution in [0.4, 0.5) is 0 Å². The van der Waals surface area contributed by atoms with Crippen molar-refractivity contribution in [1.29, 1.82) is 0 Å². The van der Waals surface area contributed by atoms with E-state index in [1.54, 1.807) is 0 Å². The van der Waals surface area contributed by atoms with Gasteiger partial charge in [-0.2, -0.15) is 0 Å². The molecule has 1 rings (SSSR count). The summed E-state index contributed by atoms with van der Waals surface area (Å²) in [5, 5.41) is 13.0. The van der Waals surface area contributed by atoms with E-state index >= 15 is 0 Å². The standard InChI is InChI=1S/C10H20.Na.H2O2/c1-8(2)10-6-4-9(3)5-7-10;;1-2/h8-10H,4-7H2,1-3H3;;1-2H/q;+1;/p-1.